The topological polar surface area (TPSA) is 57.3 Å². The highest BCUT2D eigenvalue weighted by Gasteiger charge is 2.17. The van der Waals surface area contributed by atoms with Crippen LogP contribution in [0.2, 0.25) is 0 Å². The van der Waals surface area contributed by atoms with Gasteiger partial charge in [-0.1, -0.05) is 6.92 Å². The van der Waals surface area contributed by atoms with Gasteiger partial charge in [-0.15, -0.1) is 0 Å². The molecule has 1 aliphatic heterocycles. The smallest absolute Gasteiger partial charge is 0.319 e. The fraction of sp³-hybridized carbons (Fsp3) is 0.571. The molecule has 0 bridgehead atoms. The summed E-state index contributed by atoms with van der Waals surface area (Å²) < 4.78 is 0. The highest BCUT2D eigenvalue weighted by Crippen LogP contribution is 2.09. The Kier molecular flexibility index (Phi) is 5.15. The second-order valence-corrected chi connectivity index (χ2v) is 4.95. The first-order chi connectivity index (χ1) is 9.28. The zero-order valence-electron chi connectivity index (χ0n) is 11.4. The third-order valence-corrected chi connectivity index (χ3v) is 3.44. The third-order valence-electron chi connectivity index (χ3n) is 3.44. The average molecular weight is 262 g/mol. The van der Waals surface area contributed by atoms with Crippen molar-refractivity contribution in [1.82, 2.24) is 15.2 Å². The molecular formula is C14H22N4O. The van der Waals surface area contributed by atoms with Crippen LogP contribution in [0.25, 0.3) is 0 Å². The summed E-state index contributed by atoms with van der Waals surface area (Å²) in [5, 5.41) is 5.85. The molecule has 1 aliphatic rings. The van der Waals surface area contributed by atoms with Crippen molar-refractivity contribution in [3.8, 4) is 0 Å². The van der Waals surface area contributed by atoms with Gasteiger partial charge in [0.2, 0.25) is 0 Å². The van der Waals surface area contributed by atoms with Gasteiger partial charge < -0.3 is 15.5 Å². The number of hydrogen-bond acceptors (Lipinski definition) is 3. The number of amides is 2. The molecular weight excluding hydrogens is 240 g/mol. The molecule has 2 N–H and O–H groups in total. The van der Waals surface area contributed by atoms with E-state index in [0.717, 1.165) is 31.7 Å². The van der Waals surface area contributed by atoms with Crippen molar-refractivity contribution >= 4 is 11.7 Å². The summed E-state index contributed by atoms with van der Waals surface area (Å²) >= 11 is 0. The van der Waals surface area contributed by atoms with Crippen LogP contribution in [0.4, 0.5) is 10.5 Å². The molecule has 1 aromatic heterocycles. The van der Waals surface area contributed by atoms with E-state index in [0.29, 0.717) is 0 Å². The summed E-state index contributed by atoms with van der Waals surface area (Å²) in [5.74, 6) is 0. The summed E-state index contributed by atoms with van der Waals surface area (Å²) in [5.41, 5.74) is 0.767. The number of anilines is 1. The van der Waals surface area contributed by atoms with Crippen molar-refractivity contribution < 1.29 is 4.79 Å². The van der Waals surface area contributed by atoms with E-state index in [9.17, 15) is 4.79 Å². The molecule has 0 spiro atoms. The second kappa shape index (κ2) is 7.09. The first-order valence-corrected chi connectivity index (χ1v) is 6.98. The van der Waals surface area contributed by atoms with Gasteiger partial charge in [-0.05, 0) is 44.5 Å². The first kappa shape index (κ1) is 13.8. The van der Waals surface area contributed by atoms with Gasteiger partial charge >= 0.3 is 6.03 Å². The number of nitrogens with one attached hydrogen (secondary N) is 2. The van der Waals surface area contributed by atoms with E-state index in [1.54, 1.807) is 24.5 Å². The van der Waals surface area contributed by atoms with Gasteiger partial charge in [0.05, 0.1) is 0 Å². The van der Waals surface area contributed by atoms with Crippen molar-refractivity contribution in [3.05, 3.63) is 24.5 Å². The lowest BCUT2D eigenvalue weighted by Crippen LogP contribution is -2.44. The minimum absolute atomic E-state index is 0.141. The number of rotatable bonds is 5. The molecule has 0 aromatic carbocycles. The zero-order valence-corrected chi connectivity index (χ0v) is 11.4. The lowest BCUT2D eigenvalue weighted by molar-refractivity contribution is 0.239. The number of carbonyl (C=O) groups is 1. The predicted octanol–water partition coefficient (Wildman–Crippen LogP) is 2.08. The number of aromatic nitrogens is 1. The average Bonchev–Trinajstić information content (AvgIpc) is 2.92. The van der Waals surface area contributed by atoms with Crippen LogP contribution in [-0.2, 0) is 0 Å². The molecule has 1 atom stereocenters. The number of carbonyl (C=O) groups excluding carboxylic acids is 1. The number of nitrogens with zero attached hydrogens (tertiary/aromatic N) is 2. The van der Waals surface area contributed by atoms with E-state index in [1.807, 2.05) is 0 Å². The van der Waals surface area contributed by atoms with Gasteiger partial charge in [0.1, 0.15) is 0 Å². The van der Waals surface area contributed by atoms with Gasteiger partial charge in [0.15, 0.2) is 0 Å². The maximum atomic E-state index is 11.9. The SMILES string of the molecule is CC[C@@H](CN1CCCC1)NC(=O)Nc1ccncc1. The first-order valence-electron chi connectivity index (χ1n) is 6.98. The molecule has 1 fully saturated rings. The van der Waals surface area contributed by atoms with Crippen molar-refractivity contribution in [2.24, 2.45) is 0 Å². The molecule has 2 amide bonds. The van der Waals surface area contributed by atoms with Crippen LogP contribution in [0.1, 0.15) is 26.2 Å². The number of likely N-dealkylation sites (tertiary alicyclic amines) is 1. The van der Waals surface area contributed by atoms with Gasteiger partial charge in [-0.3, -0.25) is 4.98 Å². The van der Waals surface area contributed by atoms with Crippen molar-refractivity contribution in [2.45, 2.75) is 32.2 Å². The van der Waals surface area contributed by atoms with Crippen molar-refractivity contribution in [3.63, 3.8) is 0 Å². The maximum absolute atomic E-state index is 11.9. The predicted molar refractivity (Wildman–Crippen MR) is 76.1 cm³/mol. The molecule has 0 aliphatic carbocycles. The minimum atomic E-state index is -0.141. The van der Waals surface area contributed by atoms with E-state index in [2.05, 4.69) is 27.4 Å². The molecule has 2 heterocycles. The quantitative estimate of drug-likeness (QED) is 0.854. The summed E-state index contributed by atoms with van der Waals surface area (Å²) in [7, 11) is 0. The van der Waals surface area contributed by atoms with Crippen LogP contribution < -0.4 is 10.6 Å². The fourth-order valence-electron chi connectivity index (χ4n) is 2.34. The Labute approximate surface area is 114 Å². The van der Waals surface area contributed by atoms with E-state index in [4.69, 9.17) is 0 Å². The summed E-state index contributed by atoms with van der Waals surface area (Å²) in [4.78, 5) is 18.2. The monoisotopic (exact) mass is 262 g/mol. The molecule has 104 valence electrons. The molecule has 1 aromatic rings. The van der Waals surface area contributed by atoms with Crippen molar-refractivity contribution in [2.75, 3.05) is 25.0 Å². The lowest BCUT2D eigenvalue weighted by atomic mass is 10.2. The summed E-state index contributed by atoms with van der Waals surface area (Å²) in [6.07, 6.45) is 6.83. The number of hydrogen-bond donors (Lipinski definition) is 2. The molecule has 1 saturated heterocycles. The Bertz CT molecular complexity index is 390. The minimum Gasteiger partial charge on any atom is -0.334 e. The highest BCUT2D eigenvalue weighted by atomic mass is 16.2. The highest BCUT2D eigenvalue weighted by molar-refractivity contribution is 5.89. The molecule has 0 radical (unpaired) electrons. The number of urea groups is 1. The van der Waals surface area contributed by atoms with Crippen LogP contribution in [0.15, 0.2) is 24.5 Å². The molecule has 5 nitrogen and oxygen atoms in total. The van der Waals surface area contributed by atoms with Crippen molar-refractivity contribution in [1.29, 1.82) is 0 Å². The zero-order chi connectivity index (χ0) is 13.5. The van der Waals surface area contributed by atoms with E-state index in [1.165, 1.54) is 12.8 Å². The lowest BCUT2D eigenvalue weighted by Gasteiger charge is -2.23. The van der Waals surface area contributed by atoms with E-state index >= 15 is 0 Å². The Morgan fingerprint density at radius 2 is 2.05 bits per heavy atom. The fourth-order valence-corrected chi connectivity index (χ4v) is 2.34. The van der Waals surface area contributed by atoms with Gasteiger partial charge in [-0.25, -0.2) is 4.79 Å². The van der Waals surface area contributed by atoms with Gasteiger partial charge in [0, 0.05) is 30.7 Å². The normalized spacial score (nSPS) is 17.1. The van der Waals surface area contributed by atoms with Crippen LogP contribution >= 0.6 is 0 Å². The van der Waals surface area contributed by atoms with Crippen LogP contribution in [-0.4, -0.2) is 41.6 Å². The summed E-state index contributed by atoms with van der Waals surface area (Å²) in [6, 6.07) is 3.62. The maximum Gasteiger partial charge on any atom is 0.319 e. The van der Waals surface area contributed by atoms with Gasteiger partial charge in [0.25, 0.3) is 0 Å². The molecule has 19 heavy (non-hydrogen) atoms. The molecule has 2 rings (SSSR count). The van der Waals surface area contributed by atoms with E-state index in [-0.39, 0.29) is 12.1 Å². The Balaban J connectivity index is 1.78. The molecule has 0 saturated carbocycles. The second-order valence-electron chi connectivity index (χ2n) is 4.95. The Morgan fingerprint density at radius 3 is 2.68 bits per heavy atom. The molecule has 0 unspecified atom stereocenters. The van der Waals surface area contributed by atoms with Crippen LogP contribution in [0, 0.1) is 0 Å². The van der Waals surface area contributed by atoms with E-state index < -0.39 is 0 Å². The largest absolute Gasteiger partial charge is 0.334 e. The third kappa shape index (κ3) is 4.52. The Morgan fingerprint density at radius 1 is 1.37 bits per heavy atom. The molecule has 5 heteroatoms. The number of pyridine rings is 1. The van der Waals surface area contributed by atoms with Gasteiger partial charge in [-0.2, -0.15) is 0 Å². The standard InChI is InChI=1S/C14H22N4O/c1-2-12(11-18-9-3-4-10-18)16-14(19)17-13-5-7-15-8-6-13/h5-8,12H,2-4,9-11H2,1H3,(H2,15,16,17,19)/t12-/m0/s1. The van der Waals surface area contributed by atoms with Crippen LogP contribution in [0.5, 0.6) is 0 Å². The van der Waals surface area contributed by atoms with Crippen LogP contribution in [0.3, 0.4) is 0 Å². The Hall–Kier alpha value is -1.62. The summed E-state index contributed by atoms with van der Waals surface area (Å²) in [6.45, 7) is 5.36.